The predicted octanol–water partition coefficient (Wildman–Crippen LogP) is 3.67. The van der Waals surface area contributed by atoms with Crippen LogP contribution in [0, 0.1) is 13.8 Å². The average molecular weight is 273 g/mol. The van der Waals surface area contributed by atoms with E-state index in [1.807, 2.05) is 44.2 Å². The molecule has 2 heterocycles. The minimum absolute atomic E-state index is 0.186. The van der Waals surface area contributed by atoms with E-state index in [2.05, 4.69) is 11.1 Å². The van der Waals surface area contributed by atoms with E-state index < -0.39 is 0 Å². The van der Waals surface area contributed by atoms with Crippen LogP contribution in [0.15, 0.2) is 30.3 Å². The molecule has 0 atom stereocenters. The molecule has 4 heteroatoms. The van der Waals surface area contributed by atoms with Crippen LogP contribution in [0.3, 0.4) is 0 Å². The van der Waals surface area contributed by atoms with Gasteiger partial charge in [0.15, 0.2) is 0 Å². The monoisotopic (exact) mass is 272 g/mol. The minimum Gasteiger partial charge on any atom is -0.359 e. The summed E-state index contributed by atoms with van der Waals surface area (Å²) in [6, 6.07) is 9.58. The SMILES string of the molecule is Cc1cc(C)c(C=C2C(=O)N(Cl)c3ccccc32)[nH]1. The molecule has 0 aliphatic carbocycles. The Bertz CT molecular complexity index is 700. The maximum absolute atomic E-state index is 12.2. The number of fused-ring (bicyclic) bond motifs is 1. The number of aromatic nitrogens is 1. The highest BCUT2D eigenvalue weighted by Gasteiger charge is 2.31. The van der Waals surface area contributed by atoms with Crippen LogP contribution >= 0.6 is 11.8 Å². The van der Waals surface area contributed by atoms with Crippen LogP contribution in [0.5, 0.6) is 0 Å². The van der Waals surface area contributed by atoms with Gasteiger partial charge in [-0.05, 0) is 37.6 Å². The van der Waals surface area contributed by atoms with Gasteiger partial charge in [-0.2, -0.15) is 0 Å². The second-order valence-corrected chi connectivity index (χ2v) is 5.05. The number of hydrogen-bond donors (Lipinski definition) is 1. The number of nitrogens with one attached hydrogen (secondary N) is 1. The lowest BCUT2D eigenvalue weighted by Gasteiger charge is -2.03. The number of aromatic amines is 1. The third kappa shape index (κ3) is 1.87. The summed E-state index contributed by atoms with van der Waals surface area (Å²) in [5.74, 6) is -0.186. The van der Waals surface area contributed by atoms with E-state index in [0.717, 1.165) is 28.2 Å². The molecule has 0 spiro atoms. The van der Waals surface area contributed by atoms with Gasteiger partial charge in [-0.15, -0.1) is 0 Å². The van der Waals surface area contributed by atoms with Gasteiger partial charge in [0.05, 0.1) is 11.3 Å². The van der Waals surface area contributed by atoms with Crippen LogP contribution in [0.1, 0.15) is 22.5 Å². The fourth-order valence-corrected chi connectivity index (χ4v) is 2.62. The number of anilines is 1. The molecule has 1 N–H and O–H groups in total. The van der Waals surface area contributed by atoms with Crippen LogP contribution in [0.2, 0.25) is 0 Å². The first-order valence-electron chi connectivity index (χ1n) is 6.05. The number of halogens is 1. The molecule has 3 nitrogen and oxygen atoms in total. The molecule has 96 valence electrons. The van der Waals surface area contributed by atoms with E-state index in [4.69, 9.17) is 11.8 Å². The number of hydrogen-bond acceptors (Lipinski definition) is 1. The molecule has 0 bridgehead atoms. The highest BCUT2D eigenvalue weighted by Crippen LogP contribution is 2.38. The molecule has 1 aromatic carbocycles. The molecule has 1 aromatic heterocycles. The standard InChI is InChI=1S/C15H13ClN2O/c1-9-7-10(2)17-13(9)8-12-11-5-3-4-6-14(11)18(16)15(12)19/h3-8,17H,1-2H3. The molecule has 0 saturated heterocycles. The lowest BCUT2D eigenvalue weighted by molar-refractivity contribution is -0.111. The first-order valence-corrected chi connectivity index (χ1v) is 6.39. The van der Waals surface area contributed by atoms with Gasteiger partial charge in [0.1, 0.15) is 0 Å². The number of carbonyl (C=O) groups is 1. The fourth-order valence-electron chi connectivity index (χ4n) is 2.39. The first kappa shape index (κ1) is 12.1. The highest BCUT2D eigenvalue weighted by molar-refractivity contribution is 6.50. The summed E-state index contributed by atoms with van der Waals surface area (Å²) in [6.07, 6.45) is 1.87. The van der Waals surface area contributed by atoms with Crippen LogP contribution in [0.4, 0.5) is 5.69 Å². The van der Waals surface area contributed by atoms with Crippen molar-refractivity contribution in [2.45, 2.75) is 13.8 Å². The summed E-state index contributed by atoms with van der Waals surface area (Å²) in [4.78, 5) is 15.4. The zero-order valence-electron chi connectivity index (χ0n) is 10.7. The summed E-state index contributed by atoms with van der Waals surface area (Å²) in [6.45, 7) is 4.01. The Hall–Kier alpha value is -2.00. The molecular weight excluding hydrogens is 260 g/mol. The minimum atomic E-state index is -0.186. The van der Waals surface area contributed by atoms with Gasteiger partial charge < -0.3 is 4.98 Å². The van der Waals surface area contributed by atoms with Gasteiger partial charge in [0, 0.05) is 28.7 Å². The number of carbonyl (C=O) groups excluding carboxylic acids is 1. The van der Waals surface area contributed by atoms with Gasteiger partial charge >= 0.3 is 0 Å². The fraction of sp³-hybridized carbons (Fsp3) is 0.133. The number of nitrogens with zero attached hydrogens (tertiary/aromatic N) is 1. The lowest BCUT2D eigenvalue weighted by Crippen LogP contribution is -2.13. The van der Waals surface area contributed by atoms with Crippen molar-refractivity contribution in [3.8, 4) is 0 Å². The maximum atomic E-state index is 12.2. The zero-order valence-corrected chi connectivity index (χ0v) is 11.5. The molecule has 0 radical (unpaired) electrons. The van der Waals surface area contributed by atoms with Crippen LogP contribution in [-0.2, 0) is 4.79 Å². The van der Waals surface area contributed by atoms with Crippen molar-refractivity contribution in [1.29, 1.82) is 0 Å². The zero-order chi connectivity index (χ0) is 13.6. The molecule has 1 amide bonds. The van der Waals surface area contributed by atoms with E-state index in [1.54, 1.807) is 0 Å². The summed E-state index contributed by atoms with van der Waals surface area (Å²) in [7, 11) is 0. The Balaban J connectivity index is 2.16. The van der Waals surface area contributed by atoms with Crippen molar-refractivity contribution in [2.75, 3.05) is 4.42 Å². The first-order chi connectivity index (χ1) is 9.08. The normalized spacial score (nSPS) is 16.3. The van der Waals surface area contributed by atoms with Crippen LogP contribution in [-0.4, -0.2) is 10.9 Å². The molecule has 1 aliphatic heterocycles. The Morgan fingerprint density at radius 3 is 2.68 bits per heavy atom. The Morgan fingerprint density at radius 1 is 1.26 bits per heavy atom. The topological polar surface area (TPSA) is 36.1 Å². The van der Waals surface area contributed by atoms with E-state index in [9.17, 15) is 4.79 Å². The van der Waals surface area contributed by atoms with Crippen molar-refractivity contribution in [1.82, 2.24) is 4.98 Å². The lowest BCUT2D eigenvalue weighted by atomic mass is 10.1. The van der Waals surface area contributed by atoms with Crippen molar-refractivity contribution in [3.63, 3.8) is 0 Å². The summed E-state index contributed by atoms with van der Waals surface area (Å²) >= 11 is 6.03. The third-order valence-corrected chi connectivity index (χ3v) is 3.63. The molecular formula is C15H13ClN2O. The largest absolute Gasteiger partial charge is 0.359 e. The molecule has 0 saturated carbocycles. The van der Waals surface area contributed by atoms with Gasteiger partial charge in [-0.25, -0.2) is 4.42 Å². The van der Waals surface area contributed by atoms with E-state index in [-0.39, 0.29) is 5.91 Å². The van der Waals surface area contributed by atoms with E-state index in [0.29, 0.717) is 5.57 Å². The van der Waals surface area contributed by atoms with Crippen LogP contribution < -0.4 is 4.42 Å². The Labute approximate surface area is 116 Å². The summed E-state index contributed by atoms with van der Waals surface area (Å²) in [5, 5.41) is 0. The predicted molar refractivity (Wildman–Crippen MR) is 77.9 cm³/mol. The smallest absolute Gasteiger partial charge is 0.273 e. The number of rotatable bonds is 1. The van der Waals surface area contributed by atoms with Gasteiger partial charge in [-0.3, -0.25) is 4.79 Å². The van der Waals surface area contributed by atoms with Crippen molar-refractivity contribution in [3.05, 3.63) is 52.8 Å². The highest BCUT2D eigenvalue weighted by atomic mass is 35.5. The van der Waals surface area contributed by atoms with Crippen LogP contribution in [0.25, 0.3) is 11.6 Å². The maximum Gasteiger partial charge on any atom is 0.273 e. The Kier molecular flexibility index (Phi) is 2.72. The summed E-state index contributed by atoms with van der Waals surface area (Å²) < 4.78 is 1.17. The average Bonchev–Trinajstić information content (AvgIpc) is 2.83. The number of benzene rings is 1. The number of aryl methyl sites for hydroxylation is 2. The second-order valence-electron chi connectivity index (χ2n) is 4.71. The van der Waals surface area contributed by atoms with Gasteiger partial charge in [0.25, 0.3) is 5.91 Å². The number of amides is 1. The molecule has 1 aliphatic rings. The molecule has 2 aromatic rings. The molecule has 0 fully saturated rings. The van der Waals surface area contributed by atoms with Gasteiger partial charge in [-0.1, -0.05) is 18.2 Å². The van der Waals surface area contributed by atoms with Gasteiger partial charge in [0.2, 0.25) is 0 Å². The Morgan fingerprint density at radius 2 is 2.00 bits per heavy atom. The van der Waals surface area contributed by atoms with Crippen molar-refractivity contribution < 1.29 is 4.79 Å². The van der Waals surface area contributed by atoms with Crippen molar-refractivity contribution in [2.24, 2.45) is 0 Å². The summed E-state index contributed by atoms with van der Waals surface area (Å²) in [5.41, 5.74) is 5.36. The quantitative estimate of drug-likeness (QED) is 0.624. The third-order valence-electron chi connectivity index (χ3n) is 3.29. The number of para-hydroxylation sites is 1. The number of H-pyrrole nitrogens is 1. The molecule has 0 unspecified atom stereocenters. The van der Waals surface area contributed by atoms with E-state index in [1.165, 1.54) is 4.42 Å². The van der Waals surface area contributed by atoms with E-state index >= 15 is 0 Å². The molecule has 3 rings (SSSR count). The molecule has 19 heavy (non-hydrogen) atoms. The van der Waals surface area contributed by atoms with Crippen molar-refractivity contribution >= 4 is 35.0 Å². The second kappa shape index (κ2) is 4.28.